The summed E-state index contributed by atoms with van der Waals surface area (Å²) in [6, 6.07) is 3.20. The summed E-state index contributed by atoms with van der Waals surface area (Å²) in [6.07, 6.45) is 7.09. The highest BCUT2D eigenvalue weighted by molar-refractivity contribution is 5.09. The first-order valence-electron chi connectivity index (χ1n) is 7.03. The van der Waals surface area contributed by atoms with Crippen LogP contribution in [0.15, 0.2) is 0 Å². The summed E-state index contributed by atoms with van der Waals surface area (Å²) in [4.78, 5) is 2.66. The number of hydrogen-bond donors (Lipinski definition) is 1. The Hall–Kier alpha value is -0.590. The van der Waals surface area contributed by atoms with Crippen molar-refractivity contribution in [2.45, 2.75) is 57.0 Å². The lowest BCUT2D eigenvalue weighted by Gasteiger charge is -2.42. The van der Waals surface area contributed by atoms with Gasteiger partial charge in [-0.05, 0) is 64.6 Å². The van der Waals surface area contributed by atoms with Crippen LogP contribution < -0.4 is 5.32 Å². The van der Waals surface area contributed by atoms with Gasteiger partial charge in [-0.1, -0.05) is 6.92 Å². The third kappa shape index (κ3) is 2.81. The molecule has 96 valence electrons. The van der Waals surface area contributed by atoms with Crippen molar-refractivity contribution in [2.75, 3.05) is 20.1 Å². The molecule has 0 spiro atoms. The molecule has 0 amide bonds. The van der Waals surface area contributed by atoms with E-state index in [2.05, 4.69) is 23.2 Å². The van der Waals surface area contributed by atoms with Crippen molar-refractivity contribution >= 4 is 0 Å². The minimum atomic E-state index is -0.237. The molecule has 0 unspecified atom stereocenters. The monoisotopic (exact) mass is 235 g/mol. The zero-order chi connectivity index (χ0) is 12.3. The van der Waals surface area contributed by atoms with E-state index < -0.39 is 0 Å². The fraction of sp³-hybridized carbons (Fsp3) is 0.929. The Balaban J connectivity index is 1.85. The van der Waals surface area contributed by atoms with Gasteiger partial charge in [-0.3, -0.25) is 0 Å². The van der Waals surface area contributed by atoms with Crippen LogP contribution in [0.25, 0.3) is 0 Å². The molecule has 0 aromatic rings. The van der Waals surface area contributed by atoms with Gasteiger partial charge in [0.25, 0.3) is 0 Å². The van der Waals surface area contributed by atoms with Crippen LogP contribution >= 0.6 is 0 Å². The van der Waals surface area contributed by atoms with Crippen LogP contribution in [-0.2, 0) is 0 Å². The van der Waals surface area contributed by atoms with Gasteiger partial charge in [-0.25, -0.2) is 0 Å². The van der Waals surface area contributed by atoms with Crippen LogP contribution in [0.4, 0.5) is 0 Å². The number of nitrogens with one attached hydrogen (secondary N) is 1. The maximum Gasteiger partial charge on any atom is 0.106 e. The minimum Gasteiger partial charge on any atom is -0.302 e. The molecule has 2 aliphatic rings. The molecule has 2 fully saturated rings. The van der Waals surface area contributed by atoms with Crippen LogP contribution in [0.2, 0.25) is 0 Å². The topological polar surface area (TPSA) is 39.1 Å². The van der Waals surface area contributed by atoms with Gasteiger partial charge < -0.3 is 10.2 Å². The molecule has 1 N–H and O–H groups in total. The number of nitrogens with zero attached hydrogens (tertiary/aromatic N) is 2. The van der Waals surface area contributed by atoms with E-state index in [1.165, 1.54) is 38.8 Å². The van der Waals surface area contributed by atoms with Gasteiger partial charge in [0.15, 0.2) is 0 Å². The molecule has 1 heterocycles. The second-order valence-electron chi connectivity index (χ2n) is 5.89. The van der Waals surface area contributed by atoms with E-state index in [1.54, 1.807) is 0 Å². The van der Waals surface area contributed by atoms with E-state index in [-0.39, 0.29) is 5.54 Å². The largest absolute Gasteiger partial charge is 0.302 e. The molecular formula is C14H25N3. The molecule has 17 heavy (non-hydrogen) atoms. The van der Waals surface area contributed by atoms with Gasteiger partial charge in [0.05, 0.1) is 6.07 Å². The third-order valence-electron chi connectivity index (χ3n) is 4.84. The normalized spacial score (nSPS) is 36.6. The highest BCUT2D eigenvalue weighted by atomic mass is 15.2. The van der Waals surface area contributed by atoms with E-state index in [0.717, 1.165) is 24.8 Å². The Morgan fingerprint density at radius 3 is 2.24 bits per heavy atom. The van der Waals surface area contributed by atoms with Crippen LogP contribution in [0.1, 0.15) is 45.4 Å². The van der Waals surface area contributed by atoms with Gasteiger partial charge in [-0.15, -0.1) is 0 Å². The lowest BCUT2D eigenvalue weighted by Crippen LogP contribution is -2.50. The lowest BCUT2D eigenvalue weighted by molar-refractivity contribution is 0.0947. The lowest BCUT2D eigenvalue weighted by atomic mass is 9.79. The maximum absolute atomic E-state index is 9.25. The molecule has 1 saturated heterocycles. The second-order valence-corrected chi connectivity index (χ2v) is 5.89. The Morgan fingerprint density at radius 1 is 1.18 bits per heavy atom. The van der Waals surface area contributed by atoms with Crippen LogP contribution in [0.5, 0.6) is 0 Å². The van der Waals surface area contributed by atoms with Crippen molar-refractivity contribution < 1.29 is 0 Å². The Morgan fingerprint density at radius 2 is 1.76 bits per heavy atom. The Labute approximate surface area is 105 Å². The first kappa shape index (κ1) is 12.9. The summed E-state index contributed by atoms with van der Waals surface area (Å²) < 4.78 is 0. The number of nitriles is 1. The third-order valence-corrected chi connectivity index (χ3v) is 4.84. The summed E-state index contributed by atoms with van der Waals surface area (Å²) in [5.74, 6) is 0.908. The molecule has 0 bridgehead atoms. The summed E-state index contributed by atoms with van der Waals surface area (Å²) in [7, 11) is 1.92. The smallest absolute Gasteiger partial charge is 0.106 e. The molecule has 2 rings (SSSR count). The van der Waals surface area contributed by atoms with Gasteiger partial charge >= 0.3 is 0 Å². The fourth-order valence-electron chi connectivity index (χ4n) is 3.27. The first-order chi connectivity index (χ1) is 8.19. The molecule has 1 saturated carbocycles. The molecular weight excluding hydrogens is 210 g/mol. The van der Waals surface area contributed by atoms with Crippen molar-refractivity contribution in [3.8, 4) is 6.07 Å². The number of hydrogen-bond acceptors (Lipinski definition) is 3. The van der Waals surface area contributed by atoms with Crippen LogP contribution in [-0.4, -0.2) is 36.6 Å². The number of likely N-dealkylation sites (tertiary alicyclic amines) is 1. The zero-order valence-electron chi connectivity index (χ0n) is 11.2. The van der Waals surface area contributed by atoms with Crippen molar-refractivity contribution in [1.29, 1.82) is 5.26 Å². The summed E-state index contributed by atoms with van der Waals surface area (Å²) >= 11 is 0. The summed E-state index contributed by atoms with van der Waals surface area (Å²) in [6.45, 7) is 4.90. The van der Waals surface area contributed by atoms with Gasteiger partial charge in [0, 0.05) is 6.04 Å². The number of rotatable bonds is 2. The standard InChI is InChI=1S/C14H25N3/c1-12-5-9-17(10-6-12)13-3-7-14(11-15,16-2)8-4-13/h12-13,16H,3-10H2,1-2H3. The highest BCUT2D eigenvalue weighted by Crippen LogP contribution is 2.32. The van der Waals surface area contributed by atoms with E-state index >= 15 is 0 Å². The molecule has 1 aliphatic carbocycles. The quantitative estimate of drug-likeness (QED) is 0.797. The summed E-state index contributed by atoms with van der Waals surface area (Å²) in [5.41, 5.74) is -0.237. The van der Waals surface area contributed by atoms with Crippen LogP contribution in [0, 0.1) is 17.2 Å². The molecule has 0 atom stereocenters. The Kier molecular flexibility index (Phi) is 4.06. The molecule has 1 aliphatic heterocycles. The molecule has 0 radical (unpaired) electrons. The zero-order valence-corrected chi connectivity index (χ0v) is 11.2. The molecule has 0 aromatic carbocycles. The van der Waals surface area contributed by atoms with Crippen molar-refractivity contribution in [3.05, 3.63) is 0 Å². The average Bonchev–Trinajstić information content (AvgIpc) is 2.40. The molecule has 0 aromatic heterocycles. The minimum absolute atomic E-state index is 0.237. The van der Waals surface area contributed by atoms with E-state index in [1.807, 2.05) is 7.05 Å². The summed E-state index contributed by atoms with van der Waals surface area (Å²) in [5, 5.41) is 12.5. The van der Waals surface area contributed by atoms with Crippen molar-refractivity contribution in [2.24, 2.45) is 5.92 Å². The van der Waals surface area contributed by atoms with Gasteiger partial charge in [0.1, 0.15) is 5.54 Å². The Bertz CT molecular complexity index is 278. The van der Waals surface area contributed by atoms with E-state index in [0.29, 0.717) is 0 Å². The predicted octanol–water partition coefficient (Wildman–Crippen LogP) is 2.14. The van der Waals surface area contributed by atoms with Crippen molar-refractivity contribution in [1.82, 2.24) is 10.2 Å². The average molecular weight is 235 g/mol. The SMILES string of the molecule is CNC1(C#N)CCC(N2CCC(C)CC2)CC1. The number of piperidine rings is 1. The first-order valence-corrected chi connectivity index (χ1v) is 7.03. The van der Waals surface area contributed by atoms with Gasteiger partial charge in [0.2, 0.25) is 0 Å². The highest BCUT2D eigenvalue weighted by Gasteiger charge is 2.36. The van der Waals surface area contributed by atoms with E-state index in [9.17, 15) is 5.26 Å². The van der Waals surface area contributed by atoms with Crippen molar-refractivity contribution in [3.63, 3.8) is 0 Å². The molecule has 3 heteroatoms. The predicted molar refractivity (Wildman–Crippen MR) is 69.6 cm³/mol. The van der Waals surface area contributed by atoms with E-state index in [4.69, 9.17) is 0 Å². The molecule has 3 nitrogen and oxygen atoms in total. The van der Waals surface area contributed by atoms with Gasteiger partial charge in [-0.2, -0.15) is 5.26 Å². The maximum atomic E-state index is 9.25. The van der Waals surface area contributed by atoms with Crippen LogP contribution in [0.3, 0.4) is 0 Å². The second kappa shape index (κ2) is 5.37. The fourth-order valence-corrected chi connectivity index (χ4v) is 3.27.